The SMILES string of the molecule is CCNC(=NCc1cscn1)NCC.I. The summed E-state index contributed by atoms with van der Waals surface area (Å²) in [5.41, 5.74) is 2.84. The molecule has 0 saturated heterocycles. The first-order chi connectivity index (χ1) is 6.86. The second kappa shape index (κ2) is 8.90. The van der Waals surface area contributed by atoms with Gasteiger partial charge in [-0.15, -0.1) is 35.3 Å². The molecule has 0 radical (unpaired) electrons. The molecule has 1 aromatic rings. The summed E-state index contributed by atoms with van der Waals surface area (Å²) in [5.74, 6) is 0.850. The van der Waals surface area contributed by atoms with E-state index in [4.69, 9.17) is 0 Å². The minimum Gasteiger partial charge on any atom is -0.357 e. The Balaban J connectivity index is 0.00000196. The summed E-state index contributed by atoms with van der Waals surface area (Å²) in [4.78, 5) is 8.55. The molecular formula is C9H17IN4S. The number of nitrogens with one attached hydrogen (secondary N) is 2. The highest BCUT2D eigenvalue weighted by atomic mass is 127. The van der Waals surface area contributed by atoms with E-state index in [2.05, 4.69) is 34.5 Å². The molecule has 0 amide bonds. The number of guanidine groups is 1. The summed E-state index contributed by atoms with van der Waals surface area (Å²) in [7, 11) is 0. The van der Waals surface area contributed by atoms with Gasteiger partial charge in [0.15, 0.2) is 5.96 Å². The molecule has 6 heteroatoms. The van der Waals surface area contributed by atoms with E-state index in [0.29, 0.717) is 6.54 Å². The summed E-state index contributed by atoms with van der Waals surface area (Å²) in [5, 5.41) is 8.33. The van der Waals surface area contributed by atoms with E-state index in [1.54, 1.807) is 11.3 Å². The van der Waals surface area contributed by atoms with Crippen LogP contribution in [0.25, 0.3) is 0 Å². The second-order valence-electron chi connectivity index (χ2n) is 2.71. The fourth-order valence-corrected chi connectivity index (χ4v) is 1.53. The Labute approximate surface area is 112 Å². The molecule has 0 bridgehead atoms. The van der Waals surface area contributed by atoms with Crippen LogP contribution in [0.5, 0.6) is 0 Å². The van der Waals surface area contributed by atoms with Crippen LogP contribution in [-0.4, -0.2) is 24.0 Å². The summed E-state index contributed by atoms with van der Waals surface area (Å²) in [6, 6.07) is 0. The molecule has 86 valence electrons. The van der Waals surface area contributed by atoms with E-state index in [1.807, 2.05) is 10.9 Å². The Morgan fingerprint density at radius 2 is 2.07 bits per heavy atom. The number of rotatable bonds is 4. The van der Waals surface area contributed by atoms with Crippen molar-refractivity contribution in [2.45, 2.75) is 20.4 Å². The van der Waals surface area contributed by atoms with Crippen molar-refractivity contribution in [1.82, 2.24) is 15.6 Å². The van der Waals surface area contributed by atoms with Gasteiger partial charge in [0.05, 0.1) is 17.7 Å². The average Bonchev–Trinajstić information content (AvgIpc) is 2.67. The van der Waals surface area contributed by atoms with Crippen LogP contribution in [0.2, 0.25) is 0 Å². The summed E-state index contributed by atoms with van der Waals surface area (Å²) in [6.07, 6.45) is 0. The summed E-state index contributed by atoms with van der Waals surface area (Å²) in [6.45, 7) is 6.50. The first-order valence-corrected chi connectivity index (χ1v) is 5.70. The molecule has 4 nitrogen and oxygen atoms in total. The molecule has 1 aromatic heterocycles. The largest absolute Gasteiger partial charge is 0.357 e. The van der Waals surface area contributed by atoms with Gasteiger partial charge in [0, 0.05) is 18.5 Å². The van der Waals surface area contributed by atoms with Gasteiger partial charge in [-0.3, -0.25) is 0 Å². The minimum atomic E-state index is 0. The second-order valence-corrected chi connectivity index (χ2v) is 3.42. The zero-order valence-electron chi connectivity index (χ0n) is 8.99. The van der Waals surface area contributed by atoms with Crippen molar-refractivity contribution < 1.29 is 0 Å². The Morgan fingerprint density at radius 1 is 1.40 bits per heavy atom. The van der Waals surface area contributed by atoms with Crippen LogP contribution in [-0.2, 0) is 6.54 Å². The number of aliphatic imine (C=N–C) groups is 1. The van der Waals surface area contributed by atoms with Gasteiger partial charge >= 0.3 is 0 Å². The molecule has 0 aliphatic rings. The Hall–Kier alpha value is -0.370. The lowest BCUT2D eigenvalue weighted by molar-refractivity contribution is 0.835. The maximum absolute atomic E-state index is 4.38. The quantitative estimate of drug-likeness (QED) is 0.500. The normalized spacial score (nSPS) is 8.93. The third-order valence-corrected chi connectivity index (χ3v) is 2.21. The van der Waals surface area contributed by atoms with Gasteiger partial charge in [0.25, 0.3) is 0 Å². The monoisotopic (exact) mass is 340 g/mol. The summed E-state index contributed by atoms with van der Waals surface area (Å²) >= 11 is 1.60. The molecule has 0 fully saturated rings. The van der Waals surface area contributed by atoms with Crippen molar-refractivity contribution in [2.24, 2.45) is 4.99 Å². The molecule has 15 heavy (non-hydrogen) atoms. The zero-order chi connectivity index (χ0) is 10.2. The fourth-order valence-electron chi connectivity index (χ4n) is 0.985. The molecule has 0 aromatic carbocycles. The smallest absolute Gasteiger partial charge is 0.191 e. The molecule has 0 aliphatic carbocycles. The van der Waals surface area contributed by atoms with Crippen LogP contribution < -0.4 is 10.6 Å². The lowest BCUT2D eigenvalue weighted by Gasteiger charge is -2.08. The van der Waals surface area contributed by atoms with Crippen LogP contribution in [0.3, 0.4) is 0 Å². The molecule has 0 atom stereocenters. The van der Waals surface area contributed by atoms with E-state index in [1.165, 1.54) is 0 Å². The average molecular weight is 340 g/mol. The predicted molar refractivity (Wildman–Crippen MR) is 76.0 cm³/mol. The van der Waals surface area contributed by atoms with Crippen molar-refractivity contribution in [3.63, 3.8) is 0 Å². The molecule has 0 spiro atoms. The first kappa shape index (κ1) is 14.6. The number of hydrogen-bond acceptors (Lipinski definition) is 3. The van der Waals surface area contributed by atoms with Crippen LogP contribution >= 0.6 is 35.3 Å². The van der Waals surface area contributed by atoms with E-state index < -0.39 is 0 Å². The van der Waals surface area contributed by atoms with Crippen LogP contribution in [0.4, 0.5) is 0 Å². The maximum atomic E-state index is 4.38. The van der Waals surface area contributed by atoms with Crippen molar-refractivity contribution in [2.75, 3.05) is 13.1 Å². The lowest BCUT2D eigenvalue weighted by Crippen LogP contribution is -2.36. The number of halogens is 1. The van der Waals surface area contributed by atoms with Crippen LogP contribution in [0.1, 0.15) is 19.5 Å². The first-order valence-electron chi connectivity index (χ1n) is 4.76. The van der Waals surface area contributed by atoms with Gasteiger partial charge < -0.3 is 10.6 Å². The van der Waals surface area contributed by atoms with Crippen molar-refractivity contribution >= 4 is 41.3 Å². The van der Waals surface area contributed by atoms with E-state index in [0.717, 1.165) is 24.7 Å². The highest BCUT2D eigenvalue weighted by Crippen LogP contribution is 2.01. The minimum absolute atomic E-state index is 0. The van der Waals surface area contributed by atoms with Gasteiger partial charge in [0.1, 0.15) is 0 Å². The Morgan fingerprint density at radius 3 is 2.53 bits per heavy atom. The zero-order valence-corrected chi connectivity index (χ0v) is 12.1. The number of hydrogen-bond donors (Lipinski definition) is 2. The molecule has 0 aliphatic heterocycles. The topological polar surface area (TPSA) is 49.3 Å². The standard InChI is InChI=1S/C9H16N4S.HI/c1-3-10-9(11-4-2)12-5-8-6-14-7-13-8;/h6-7H,3-5H2,1-2H3,(H2,10,11,12);1H. The Bertz CT molecular complexity index is 266. The van der Waals surface area contributed by atoms with E-state index in [9.17, 15) is 0 Å². The van der Waals surface area contributed by atoms with E-state index in [-0.39, 0.29) is 24.0 Å². The molecule has 0 saturated carbocycles. The maximum Gasteiger partial charge on any atom is 0.191 e. The lowest BCUT2D eigenvalue weighted by atomic mass is 10.5. The van der Waals surface area contributed by atoms with Crippen molar-refractivity contribution in [1.29, 1.82) is 0 Å². The highest BCUT2D eigenvalue weighted by Gasteiger charge is 1.95. The van der Waals surface area contributed by atoms with Gasteiger partial charge in [-0.25, -0.2) is 9.98 Å². The summed E-state index contributed by atoms with van der Waals surface area (Å²) < 4.78 is 0. The fraction of sp³-hybridized carbons (Fsp3) is 0.556. The molecule has 0 unspecified atom stereocenters. The number of thiazole rings is 1. The van der Waals surface area contributed by atoms with Crippen molar-refractivity contribution in [3.05, 3.63) is 16.6 Å². The molecule has 1 heterocycles. The predicted octanol–water partition coefficient (Wildman–Crippen LogP) is 1.84. The van der Waals surface area contributed by atoms with Gasteiger partial charge in [-0.05, 0) is 13.8 Å². The van der Waals surface area contributed by atoms with Crippen molar-refractivity contribution in [3.8, 4) is 0 Å². The molecule has 1 rings (SSSR count). The van der Waals surface area contributed by atoms with Gasteiger partial charge in [0.2, 0.25) is 0 Å². The van der Waals surface area contributed by atoms with Crippen LogP contribution in [0.15, 0.2) is 15.9 Å². The Kier molecular flexibility index (Phi) is 8.68. The third-order valence-electron chi connectivity index (χ3n) is 1.57. The highest BCUT2D eigenvalue weighted by molar-refractivity contribution is 14.0. The van der Waals surface area contributed by atoms with Crippen LogP contribution in [0, 0.1) is 0 Å². The molecular weight excluding hydrogens is 323 g/mol. The van der Waals surface area contributed by atoms with E-state index >= 15 is 0 Å². The van der Waals surface area contributed by atoms with Gasteiger partial charge in [-0.2, -0.15) is 0 Å². The number of nitrogens with zero attached hydrogens (tertiary/aromatic N) is 2. The molecule has 2 N–H and O–H groups in total. The number of aromatic nitrogens is 1. The van der Waals surface area contributed by atoms with Gasteiger partial charge in [-0.1, -0.05) is 0 Å². The third kappa shape index (κ3) is 5.93.